The number of likely N-dealkylation sites (tertiary alicyclic amines) is 2. The average Bonchev–Trinajstić information content (AvgIpc) is 2.87. The highest BCUT2D eigenvalue weighted by Crippen LogP contribution is 2.18. The lowest BCUT2D eigenvalue weighted by atomic mass is 9.96. The predicted octanol–water partition coefficient (Wildman–Crippen LogP) is 1.13. The number of nitrogens with one attached hydrogen (secondary N) is 1. The van der Waals surface area contributed by atoms with Crippen molar-refractivity contribution in [2.75, 3.05) is 39.3 Å². The molecule has 2 heterocycles. The van der Waals surface area contributed by atoms with Crippen LogP contribution >= 0.6 is 0 Å². The Labute approximate surface area is 122 Å². The summed E-state index contributed by atoms with van der Waals surface area (Å²) < 4.78 is 0. The molecular formula is C15H29N3O2. The fourth-order valence-corrected chi connectivity index (χ4v) is 3.18. The Morgan fingerprint density at radius 3 is 2.80 bits per heavy atom. The lowest BCUT2D eigenvalue weighted by molar-refractivity contribution is 0.0434. The van der Waals surface area contributed by atoms with Crippen LogP contribution in [0.4, 0.5) is 4.79 Å². The largest absolute Gasteiger partial charge is 0.391 e. The first-order valence-electron chi connectivity index (χ1n) is 8.03. The van der Waals surface area contributed by atoms with E-state index in [1.807, 2.05) is 6.92 Å². The van der Waals surface area contributed by atoms with Crippen molar-refractivity contribution in [3.8, 4) is 0 Å². The number of hydrogen-bond acceptors (Lipinski definition) is 3. The number of amides is 2. The summed E-state index contributed by atoms with van der Waals surface area (Å²) >= 11 is 0. The smallest absolute Gasteiger partial charge is 0.317 e. The summed E-state index contributed by atoms with van der Waals surface area (Å²) in [6, 6.07) is -0.00936. The molecule has 2 saturated heterocycles. The second-order valence-corrected chi connectivity index (χ2v) is 6.42. The van der Waals surface area contributed by atoms with E-state index in [1.54, 1.807) is 4.90 Å². The van der Waals surface area contributed by atoms with Gasteiger partial charge in [0.2, 0.25) is 0 Å². The van der Waals surface area contributed by atoms with E-state index in [9.17, 15) is 9.90 Å². The molecule has 5 heteroatoms. The van der Waals surface area contributed by atoms with Crippen molar-refractivity contribution in [3.05, 3.63) is 0 Å². The molecule has 3 unspecified atom stereocenters. The predicted molar refractivity (Wildman–Crippen MR) is 79.6 cm³/mol. The van der Waals surface area contributed by atoms with Gasteiger partial charge >= 0.3 is 6.03 Å². The zero-order chi connectivity index (χ0) is 14.5. The summed E-state index contributed by atoms with van der Waals surface area (Å²) in [5.74, 6) is 0.885. The first-order chi connectivity index (χ1) is 9.60. The van der Waals surface area contributed by atoms with Crippen LogP contribution in [0.5, 0.6) is 0 Å². The second kappa shape index (κ2) is 7.27. The molecule has 0 saturated carbocycles. The molecule has 2 rings (SSSR count). The average molecular weight is 283 g/mol. The standard InChI is InChI=1S/C15H29N3O2/c1-3-6-17-7-5-13(10-17)9-16-15(20)18-8-4-12(2)14(19)11-18/h12-14,19H,3-11H2,1-2H3,(H,16,20). The number of aliphatic hydroxyl groups excluding tert-OH is 1. The molecule has 116 valence electrons. The molecule has 0 aromatic rings. The van der Waals surface area contributed by atoms with Gasteiger partial charge in [0.25, 0.3) is 0 Å². The monoisotopic (exact) mass is 283 g/mol. The normalized spacial score (nSPS) is 31.6. The Bertz CT molecular complexity index is 324. The molecular weight excluding hydrogens is 254 g/mol. The van der Waals surface area contributed by atoms with Crippen LogP contribution in [0, 0.1) is 11.8 Å². The fraction of sp³-hybridized carbons (Fsp3) is 0.933. The molecule has 3 atom stereocenters. The summed E-state index contributed by atoms with van der Waals surface area (Å²) in [7, 11) is 0. The van der Waals surface area contributed by atoms with Gasteiger partial charge in [0.05, 0.1) is 6.10 Å². The maximum Gasteiger partial charge on any atom is 0.317 e. The number of β-amino-alcohol motifs (C(OH)–C–C–N with tert-alkyl or cyclic N) is 1. The number of nitrogens with zero attached hydrogens (tertiary/aromatic N) is 2. The van der Waals surface area contributed by atoms with Crippen LogP contribution in [0.25, 0.3) is 0 Å². The number of rotatable bonds is 4. The Hall–Kier alpha value is -0.810. The third-order valence-corrected chi connectivity index (χ3v) is 4.66. The lowest BCUT2D eigenvalue weighted by Gasteiger charge is -2.34. The van der Waals surface area contributed by atoms with E-state index in [1.165, 1.54) is 19.4 Å². The van der Waals surface area contributed by atoms with Gasteiger partial charge in [-0.2, -0.15) is 0 Å². The van der Waals surface area contributed by atoms with Crippen molar-refractivity contribution >= 4 is 6.03 Å². The number of hydrogen-bond donors (Lipinski definition) is 2. The highest BCUT2D eigenvalue weighted by Gasteiger charge is 2.28. The Morgan fingerprint density at radius 1 is 1.30 bits per heavy atom. The zero-order valence-corrected chi connectivity index (χ0v) is 12.8. The van der Waals surface area contributed by atoms with E-state index in [4.69, 9.17) is 0 Å². The first-order valence-corrected chi connectivity index (χ1v) is 8.03. The molecule has 2 aliphatic heterocycles. The molecule has 2 aliphatic rings. The Kier molecular flexibility index (Phi) is 5.66. The van der Waals surface area contributed by atoms with Gasteiger partial charge < -0.3 is 20.2 Å². The van der Waals surface area contributed by atoms with Gasteiger partial charge in [0, 0.05) is 26.2 Å². The fourth-order valence-electron chi connectivity index (χ4n) is 3.18. The van der Waals surface area contributed by atoms with E-state index < -0.39 is 0 Å². The highest BCUT2D eigenvalue weighted by molar-refractivity contribution is 5.74. The van der Waals surface area contributed by atoms with Crippen molar-refractivity contribution in [2.24, 2.45) is 11.8 Å². The second-order valence-electron chi connectivity index (χ2n) is 6.42. The Morgan fingerprint density at radius 2 is 2.10 bits per heavy atom. The summed E-state index contributed by atoms with van der Waals surface area (Å²) in [6.07, 6.45) is 2.89. The van der Waals surface area contributed by atoms with Crippen LogP contribution in [0.1, 0.15) is 33.1 Å². The molecule has 5 nitrogen and oxygen atoms in total. The minimum absolute atomic E-state index is 0.00936. The van der Waals surface area contributed by atoms with Crippen molar-refractivity contribution < 1.29 is 9.90 Å². The summed E-state index contributed by atoms with van der Waals surface area (Å²) in [5, 5.41) is 12.9. The van der Waals surface area contributed by atoms with Gasteiger partial charge in [-0.25, -0.2) is 4.79 Å². The van der Waals surface area contributed by atoms with Crippen LogP contribution in [-0.2, 0) is 0 Å². The van der Waals surface area contributed by atoms with E-state index in [2.05, 4.69) is 17.1 Å². The summed E-state index contributed by atoms with van der Waals surface area (Å²) in [6.45, 7) is 9.68. The zero-order valence-electron chi connectivity index (χ0n) is 12.8. The van der Waals surface area contributed by atoms with Crippen LogP contribution in [0.2, 0.25) is 0 Å². The van der Waals surface area contributed by atoms with E-state index in [0.717, 1.165) is 32.6 Å². The number of urea groups is 1. The number of piperidine rings is 1. The third-order valence-electron chi connectivity index (χ3n) is 4.66. The molecule has 0 spiro atoms. The number of aliphatic hydroxyl groups is 1. The van der Waals surface area contributed by atoms with Crippen LogP contribution in [-0.4, -0.2) is 66.3 Å². The van der Waals surface area contributed by atoms with Crippen LogP contribution < -0.4 is 5.32 Å². The van der Waals surface area contributed by atoms with Crippen molar-refractivity contribution in [1.29, 1.82) is 0 Å². The molecule has 0 aromatic carbocycles. The van der Waals surface area contributed by atoms with Gasteiger partial charge in [0.15, 0.2) is 0 Å². The van der Waals surface area contributed by atoms with E-state index in [-0.39, 0.29) is 12.1 Å². The van der Waals surface area contributed by atoms with Gasteiger partial charge in [-0.15, -0.1) is 0 Å². The SMILES string of the molecule is CCCN1CCC(CNC(=O)N2CCC(C)C(O)C2)C1. The third kappa shape index (κ3) is 4.09. The van der Waals surface area contributed by atoms with E-state index in [0.29, 0.717) is 18.4 Å². The topological polar surface area (TPSA) is 55.8 Å². The van der Waals surface area contributed by atoms with Gasteiger partial charge in [0.1, 0.15) is 0 Å². The molecule has 20 heavy (non-hydrogen) atoms. The number of carbonyl (C=O) groups is 1. The molecule has 2 amide bonds. The molecule has 0 aromatic heterocycles. The van der Waals surface area contributed by atoms with Gasteiger partial charge in [-0.05, 0) is 44.2 Å². The van der Waals surface area contributed by atoms with Crippen molar-refractivity contribution in [3.63, 3.8) is 0 Å². The molecule has 0 bridgehead atoms. The molecule has 0 radical (unpaired) electrons. The molecule has 2 fully saturated rings. The van der Waals surface area contributed by atoms with Gasteiger partial charge in [-0.3, -0.25) is 0 Å². The summed E-state index contributed by atoms with van der Waals surface area (Å²) in [5.41, 5.74) is 0. The molecule has 0 aliphatic carbocycles. The molecule has 2 N–H and O–H groups in total. The van der Waals surface area contributed by atoms with Crippen molar-refractivity contribution in [2.45, 2.75) is 39.2 Å². The van der Waals surface area contributed by atoms with Crippen LogP contribution in [0.3, 0.4) is 0 Å². The first kappa shape index (κ1) is 15.6. The van der Waals surface area contributed by atoms with E-state index >= 15 is 0 Å². The minimum Gasteiger partial charge on any atom is -0.391 e. The quantitative estimate of drug-likeness (QED) is 0.813. The highest BCUT2D eigenvalue weighted by atomic mass is 16.3. The van der Waals surface area contributed by atoms with Crippen LogP contribution in [0.15, 0.2) is 0 Å². The number of carbonyl (C=O) groups excluding carboxylic acids is 1. The Balaban J connectivity index is 1.68. The maximum absolute atomic E-state index is 12.1. The maximum atomic E-state index is 12.1. The lowest BCUT2D eigenvalue weighted by Crippen LogP contribution is -2.50. The van der Waals surface area contributed by atoms with Crippen molar-refractivity contribution in [1.82, 2.24) is 15.1 Å². The van der Waals surface area contributed by atoms with Gasteiger partial charge in [-0.1, -0.05) is 13.8 Å². The summed E-state index contributed by atoms with van der Waals surface area (Å²) in [4.78, 5) is 16.3. The minimum atomic E-state index is -0.374.